The maximum atomic E-state index is 12.7. The fourth-order valence-corrected chi connectivity index (χ4v) is 4.40. The van der Waals surface area contributed by atoms with Crippen molar-refractivity contribution in [2.45, 2.75) is 18.9 Å². The first-order valence-corrected chi connectivity index (χ1v) is 11.7. The van der Waals surface area contributed by atoms with E-state index in [1.165, 1.54) is 14.1 Å². The molecule has 168 valence electrons. The van der Waals surface area contributed by atoms with Gasteiger partial charge in [0.2, 0.25) is 5.91 Å². The van der Waals surface area contributed by atoms with Crippen LogP contribution in [0.1, 0.15) is 12.8 Å². The summed E-state index contributed by atoms with van der Waals surface area (Å²) in [5.41, 5.74) is 1.00. The number of anilines is 2. The van der Waals surface area contributed by atoms with E-state index in [-0.39, 0.29) is 12.6 Å². The van der Waals surface area contributed by atoms with Crippen molar-refractivity contribution in [3.05, 3.63) is 54.6 Å². The molecule has 0 aromatic heterocycles. The van der Waals surface area contributed by atoms with Crippen LogP contribution in [0.3, 0.4) is 0 Å². The number of para-hydroxylation sites is 1. The number of carbonyl (C=O) groups excluding carboxylic acids is 1. The first-order valence-electron chi connectivity index (χ1n) is 10.3. The molecule has 31 heavy (non-hydrogen) atoms. The monoisotopic (exact) mass is 446 g/mol. The summed E-state index contributed by atoms with van der Waals surface area (Å²) in [7, 11) is 1.16. The minimum Gasteiger partial charge on any atom is -0.490 e. The summed E-state index contributed by atoms with van der Waals surface area (Å²) in [6.07, 6.45) is 2.18. The highest BCUT2D eigenvalue weighted by Gasteiger charge is 2.27. The van der Waals surface area contributed by atoms with E-state index >= 15 is 0 Å². The van der Waals surface area contributed by atoms with E-state index in [0.29, 0.717) is 11.4 Å². The van der Waals surface area contributed by atoms with E-state index in [9.17, 15) is 13.2 Å². The van der Waals surface area contributed by atoms with Gasteiger partial charge in [0.15, 0.2) is 0 Å². The van der Waals surface area contributed by atoms with Gasteiger partial charge in [0, 0.05) is 32.9 Å². The lowest BCUT2D eigenvalue weighted by atomic mass is 10.1. The van der Waals surface area contributed by atoms with E-state index in [4.69, 9.17) is 4.74 Å². The Morgan fingerprint density at radius 1 is 1.06 bits per heavy atom. The van der Waals surface area contributed by atoms with E-state index in [2.05, 4.69) is 17.3 Å². The van der Waals surface area contributed by atoms with Crippen molar-refractivity contribution in [1.82, 2.24) is 9.21 Å². The Morgan fingerprint density at radius 3 is 2.26 bits per heavy atom. The Bertz CT molecular complexity index is 957. The summed E-state index contributed by atoms with van der Waals surface area (Å²) in [5, 5.41) is 2.76. The lowest BCUT2D eigenvalue weighted by Gasteiger charge is -2.29. The third kappa shape index (κ3) is 6.19. The van der Waals surface area contributed by atoms with E-state index in [1.54, 1.807) is 42.5 Å². The summed E-state index contributed by atoms with van der Waals surface area (Å²) in [4.78, 5) is 14.9. The van der Waals surface area contributed by atoms with Crippen molar-refractivity contribution in [1.29, 1.82) is 0 Å². The number of nitrogens with one attached hydrogen (secondary N) is 1. The maximum absolute atomic E-state index is 12.7. The fourth-order valence-electron chi connectivity index (χ4n) is 3.34. The van der Waals surface area contributed by atoms with Gasteiger partial charge in [-0.05, 0) is 56.3 Å². The Hall–Kier alpha value is -2.62. The molecule has 1 aliphatic heterocycles. The Labute approximate surface area is 184 Å². The van der Waals surface area contributed by atoms with Crippen molar-refractivity contribution in [3.8, 4) is 5.75 Å². The molecule has 0 unspecified atom stereocenters. The van der Waals surface area contributed by atoms with Gasteiger partial charge in [-0.25, -0.2) is 4.31 Å². The Kier molecular flexibility index (Phi) is 7.53. The average Bonchev–Trinajstić information content (AvgIpc) is 2.75. The summed E-state index contributed by atoms with van der Waals surface area (Å²) < 4.78 is 33.6. The number of amides is 1. The molecule has 0 saturated carbocycles. The van der Waals surface area contributed by atoms with E-state index in [1.807, 2.05) is 12.1 Å². The van der Waals surface area contributed by atoms with E-state index < -0.39 is 16.1 Å². The molecule has 0 aliphatic carbocycles. The number of nitrogens with zero attached hydrogens (tertiary/aromatic N) is 3. The molecule has 1 aliphatic rings. The molecule has 9 heteroatoms. The standard InChI is InChI=1S/C22H30N4O4S/c1-24(2)31(28,29)26(19-7-5-4-6-8-19)17-22(27)23-18-9-11-20(12-10-18)30-21-13-15-25(3)16-14-21/h4-12,21H,13-17H2,1-3H3,(H,23,27). The van der Waals surface area contributed by atoms with Gasteiger partial charge < -0.3 is 15.0 Å². The number of piperidine rings is 1. The second-order valence-electron chi connectivity index (χ2n) is 7.83. The van der Waals surface area contributed by atoms with Gasteiger partial charge in [0.25, 0.3) is 0 Å². The van der Waals surface area contributed by atoms with Gasteiger partial charge in [-0.2, -0.15) is 12.7 Å². The molecule has 1 fully saturated rings. The number of carbonyl (C=O) groups is 1. The quantitative estimate of drug-likeness (QED) is 0.673. The van der Waals surface area contributed by atoms with Crippen LogP contribution in [0.2, 0.25) is 0 Å². The van der Waals surface area contributed by atoms with Crippen LogP contribution in [0.4, 0.5) is 11.4 Å². The van der Waals surface area contributed by atoms with Crippen molar-refractivity contribution in [2.24, 2.45) is 0 Å². The molecule has 1 amide bonds. The van der Waals surface area contributed by atoms with Crippen LogP contribution in [-0.2, 0) is 15.0 Å². The summed E-state index contributed by atoms with van der Waals surface area (Å²) in [6.45, 7) is 1.71. The second-order valence-corrected chi connectivity index (χ2v) is 9.89. The topological polar surface area (TPSA) is 82.2 Å². The van der Waals surface area contributed by atoms with Crippen molar-refractivity contribution in [3.63, 3.8) is 0 Å². The molecule has 0 bridgehead atoms. The van der Waals surface area contributed by atoms with Crippen LogP contribution < -0.4 is 14.4 Å². The molecule has 1 saturated heterocycles. The normalized spacial score (nSPS) is 15.6. The molecule has 2 aromatic carbocycles. The molecule has 0 atom stereocenters. The zero-order valence-corrected chi connectivity index (χ0v) is 19.0. The van der Waals surface area contributed by atoms with Crippen molar-refractivity contribution in [2.75, 3.05) is 50.4 Å². The summed E-state index contributed by atoms with van der Waals surface area (Å²) in [5.74, 6) is 0.326. The highest BCUT2D eigenvalue weighted by atomic mass is 32.2. The summed E-state index contributed by atoms with van der Waals surface area (Å²) in [6, 6.07) is 15.7. The maximum Gasteiger partial charge on any atom is 0.304 e. The molecule has 1 heterocycles. The number of hydrogen-bond donors (Lipinski definition) is 1. The number of ether oxygens (including phenoxy) is 1. The van der Waals surface area contributed by atoms with Gasteiger partial charge in [-0.3, -0.25) is 4.79 Å². The number of benzene rings is 2. The highest BCUT2D eigenvalue weighted by Crippen LogP contribution is 2.22. The summed E-state index contributed by atoms with van der Waals surface area (Å²) >= 11 is 0. The third-order valence-corrected chi connectivity index (χ3v) is 7.00. The third-order valence-electron chi connectivity index (χ3n) is 5.18. The zero-order chi connectivity index (χ0) is 22.4. The first-order chi connectivity index (χ1) is 14.8. The minimum absolute atomic E-state index is 0.201. The second kappa shape index (κ2) is 10.1. The van der Waals surface area contributed by atoms with Gasteiger partial charge in [0.1, 0.15) is 18.4 Å². The SMILES string of the molecule is CN1CCC(Oc2ccc(NC(=O)CN(c3ccccc3)S(=O)(=O)N(C)C)cc2)CC1. The first kappa shape index (κ1) is 23.1. The lowest BCUT2D eigenvalue weighted by Crippen LogP contribution is -2.44. The number of likely N-dealkylation sites (tertiary alicyclic amines) is 1. The van der Waals surface area contributed by atoms with Crippen molar-refractivity contribution >= 4 is 27.5 Å². The molecule has 3 rings (SSSR count). The lowest BCUT2D eigenvalue weighted by molar-refractivity contribution is -0.114. The van der Waals surface area contributed by atoms with Crippen LogP contribution in [0.15, 0.2) is 54.6 Å². The van der Waals surface area contributed by atoms with Crippen LogP contribution in [0, 0.1) is 0 Å². The smallest absolute Gasteiger partial charge is 0.304 e. The van der Waals surface area contributed by atoms with Crippen LogP contribution in [0.25, 0.3) is 0 Å². The van der Waals surface area contributed by atoms with Gasteiger partial charge >= 0.3 is 10.2 Å². The van der Waals surface area contributed by atoms with Crippen molar-refractivity contribution < 1.29 is 17.9 Å². The van der Waals surface area contributed by atoms with Gasteiger partial charge in [-0.15, -0.1) is 0 Å². The molecule has 2 aromatic rings. The number of rotatable bonds is 8. The molecule has 1 N–H and O–H groups in total. The predicted molar refractivity (Wildman–Crippen MR) is 123 cm³/mol. The van der Waals surface area contributed by atoms with E-state index in [0.717, 1.165) is 40.3 Å². The van der Waals surface area contributed by atoms with Crippen LogP contribution in [-0.4, -0.2) is 70.4 Å². The predicted octanol–water partition coefficient (Wildman–Crippen LogP) is 2.41. The molecular weight excluding hydrogens is 416 g/mol. The number of hydrogen-bond acceptors (Lipinski definition) is 5. The largest absolute Gasteiger partial charge is 0.490 e. The van der Waals surface area contributed by atoms with Gasteiger partial charge in [-0.1, -0.05) is 18.2 Å². The van der Waals surface area contributed by atoms with Crippen LogP contribution in [0.5, 0.6) is 5.75 Å². The average molecular weight is 447 g/mol. The Morgan fingerprint density at radius 2 is 1.68 bits per heavy atom. The molecule has 0 spiro atoms. The molecule has 0 radical (unpaired) electrons. The zero-order valence-electron chi connectivity index (χ0n) is 18.2. The highest BCUT2D eigenvalue weighted by molar-refractivity contribution is 7.90. The fraction of sp³-hybridized carbons (Fsp3) is 0.409. The Balaban J connectivity index is 1.63. The molecule has 8 nitrogen and oxygen atoms in total. The minimum atomic E-state index is -3.82. The van der Waals surface area contributed by atoms with Gasteiger partial charge in [0.05, 0.1) is 5.69 Å². The van der Waals surface area contributed by atoms with Crippen LogP contribution >= 0.6 is 0 Å². The molecular formula is C22H30N4O4S.